The van der Waals surface area contributed by atoms with E-state index in [-0.39, 0.29) is 5.82 Å². The Bertz CT molecular complexity index is 507. The van der Waals surface area contributed by atoms with Crippen LogP contribution in [0.5, 0.6) is 0 Å². The van der Waals surface area contributed by atoms with Crippen LogP contribution in [0.1, 0.15) is 0 Å². The summed E-state index contributed by atoms with van der Waals surface area (Å²) in [6.45, 7) is 0. The summed E-state index contributed by atoms with van der Waals surface area (Å²) >= 11 is 3.10. The summed E-state index contributed by atoms with van der Waals surface area (Å²) < 4.78 is 15.3. The van der Waals surface area contributed by atoms with Gasteiger partial charge in [0.2, 0.25) is 0 Å². The Morgan fingerprint density at radius 2 is 2.20 bits per heavy atom. The van der Waals surface area contributed by atoms with Crippen molar-refractivity contribution in [3.63, 3.8) is 0 Å². The molecule has 0 aliphatic carbocycles. The molecule has 0 unspecified atom stereocenters. The predicted molar refractivity (Wildman–Crippen MR) is 60.7 cm³/mol. The van der Waals surface area contributed by atoms with Gasteiger partial charge in [0.1, 0.15) is 11.6 Å². The Kier molecular flexibility index (Phi) is 2.48. The molecule has 0 saturated heterocycles. The number of nitrogen functional groups attached to an aromatic ring is 1. The van der Waals surface area contributed by atoms with Crippen molar-refractivity contribution < 1.29 is 4.39 Å². The molecule has 0 fully saturated rings. The summed E-state index contributed by atoms with van der Waals surface area (Å²) in [5.41, 5.74) is 7.25. The molecule has 1 heterocycles. The fraction of sp³-hybridized carbons (Fsp3) is 0.100. The minimum atomic E-state index is -0.309. The average Bonchev–Trinajstić information content (AvgIpc) is 2.53. The normalized spacial score (nSPS) is 10.6. The van der Waals surface area contributed by atoms with Crippen molar-refractivity contribution in [2.24, 2.45) is 7.05 Å². The third kappa shape index (κ3) is 1.74. The minimum absolute atomic E-state index is 0.309. The standard InChI is InChI=1S/C10H9BrFN3/c1-15-10(13)7(5-14-15)6-2-3-8(11)9(12)4-6/h2-5H,13H2,1H3. The first kappa shape index (κ1) is 10.2. The van der Waals surface area contributed by atoms with Crippen LogP contribution >= 0.6 is 15.9 Å². The van der Waals surface area contributed by atoms with Gasteiger partial charge < -0.3 is 5.73 Å². The van der Waals surface area contributed by atoms with Crippen molar-refractivity contribution in [3.05, 3.63) is 34.7 Å². The van der Waals surface area contributed by atoms with E-state index in [4.69, 9.17) is 5.73 Å². The van der Waals surface area contributed by atoms with E-state index in [2.05, 4.69) is 21.0 Å². The largest absolute Gasteiger partial charge is 0.383 e. The molecule has 0 aliphatic heterocycles. The van der Waals surface area contributed by atoms with Crippen LogP contribution in [0, 0.1) is 5.82 Å². The molecule has 3 nitrogen and oxygen atoms in total. The molecule has 0 spiro atoms. The zero-order chi connectivity index (χ0) is 11.0. The molecule has 2 aromatic rings. The molecular weight excluding hydrogens is 261 g/mol. The number of aromatic nitrogens is 2. The van der Waals surface area contributed by atoms with Crippen LogP contribution in [0.2, 0.25) is 0 Å². The van der Waals surface area contributed by atoms with E-state index in [1.807, 2.05) is 0 Å². The lowest BCUT2D eigenvalue weighted by Crippen LogP contribution is -1.98. The predicted octanol–water partition coefficient (Wildman–Crippen LogP) is 2.57. The van der Waals surface area contributed by atoms with Gasteiger partial charge in [0.05, 0.1) is 10.7 Å². The first-order valence-electron chi connectivity index (χ1n) is 4.32. The van der Waals surface area contributed by atoms with E-state index in [1.165, 1.54) is 6.07 Å². The second-order valence-corrected chi connectivity index (χ2v) is 4.05. The summed E-state index contributed by atoms with van der Waals surface area (Å²) in [5.74, 6) is 0.215. The maximum absolute atomic E-state index is 13.3. The number of benzene rings is 1. The van der Waals surface area contributed by atoms with Gasteiger partial charge in [-0.1, -0.05) is 6.07 Å². The third-order valence-electron chi connectivity index (χ3n) is 2.22. The van der Waals surface area contributed by atoms with Gasteiger partial charge in [0.15, 0.2) is 0 Å². The van der Waals surface area contributed by atoms with Gasteiger partial charge in [-0.3, -0.25) is 4.68 Å². The highest BCUT2D eigenvalue weighted by molar-refractivity contribution is 9.10. The maximum Gasteiger partial charge on any atom is 0.137 e. The van der Waals surface area contributed by atoms with Crippen molar-refractivity contribution >= 4 is 21.7 Å². The first-order valence-corrected chi connectivity index (χ1v) is 5.12. The second kappa shape index (κ2) is 3.66. The van der Waals surface area contributed by atoms with Crippen LogP contribution in [0.25, 0.3) is 11.1 Å². The fourth-order valence-electron chi connectivity index (χ4n) is 1.33. The lowest BCUT2D eigenvalue weighted by molar-refractivity contribution is 0.621. The van der Waals surface area contributed by atoms with Crippen LogP contribution in [0.3, 0.4) is 0 Å². The zero-order valence-electron chi connectivity index (χ0n) is 8.04. The molecule has 0 atom stereocenters. The SMILES string of the molecule is Cn1ncc(-c2ccc(Br)c(F)c2)c1N. The molecule has 2 N–H and O–H groups in total. The summed E-state index contributed by atoms with van der Waals surface area (Å²) in [6, 6.07) is 4.87. The Labute approximate surface area is 94.8 Å². The fourth-order valence-corrected chi connectivity index (χ4v) is 1.58. The number of hydrogen-bond donors (Lipinski definition) is 1. The number of rotatable bonds is 1. The van der Waals surface area contributed by atoms with Crippen LogP contribution in [-0.4, -0.2) is 9.78 Å². The molecule has 0 amide bonds. The number of nitrogens with two attached hydrogens (primary N) is 1. The zero-order valence-corrected chi connectivity index (χ0v) is 9.62. The van der Waals surface area contributed by atoms with Crippen LogP contribution in [-0.2, 0) is 7.05 Å². The summed E-state index contributed by atoms with van der Waals surface area (Å²) in [5, 5.41) is 4.00. The van der Waals surface area contributed by atoms with E-state index in [9.17, 15) is 4.39 Å². The van der Waals surface area contributed by atoms with Gasteiger partial charge in [0.25, 0.3) is 0 Å². The third-order valence-corrected chi connectivity index (χ3v) is 2.86. The van der Waals surface area contributed by atoms with E-state index in [0.29, 0.717) is 10.3 Å². The van der Waals surface area contributed by atoms with E-state index in [0.717, 1.165) is 11.1 Å². The number of hydrogen-bond acceptors (Lipinski definition) is 2. The smallest absolute Gasteiger partial charge is 0.137 e. The highest BCUT2D eigenvalue weighted by Gasteiger charge is 2.09. The number of halogens is 2. The van der Waals surface area contributed by atoms with E-state index >= 15 is 0 Å². The Morgan fingerprint density at radius 1 is 1.47 bits per heavy atom. The molecule has 15 heavy (non-hydrogen) atoms. The Balaban J connectivity index is 2.55. The van der Waals surface area contributed by atoms with E-state index < -0.39 is 0 Å². The highest BCUT2D eigenvalue weighted by Crippen LogP contribution is 2.27. The van der Waals surface area contributed by atoms with Gasteiger partial charge in [-0.15, -0.1) is 0 Å². The van der Waals surface area contributed by atoms with Crippen molar-refractivity contribution in [3.8, 4) is 11.1 Å². The van der Waals surface area contributed by atoms with Crippen molar-refractivity contribution in [2.75, 3.05) is 5.73 Å². The highest BCUT2D eigenvalue weighted by atomic mass is 79.9. The lowest BCUT2D eigenvalue weighted by atomic mass is 10.1. The number of aryl methyl sites for hydroxylation is 1. The van der Waals surface area contributed by atoms with Crippen LogP contribution < -0.4 is 5.73 Å². The topological polar surface area (TPSA) is 43.8 Å². The van der Waals surface area contributed by atoms with Gasteiger partial charge in [-0.25, -0.2) is 4.39 Å². The number of anilines is 1. The van der Waals surface area contributed by atoms with Crippen LogP contribution in [0.4, 0.5) is 10.2 Å². The van der Waals surface area contributed by atoms with Crippen LogP contribution in [0.15, 0.2) is 28.9 Å². The molecular formula is C10H9BrFN3. The maximum atomic E-state index is 13.3. The Hall–Kier alpha value is -1.36. The summed E-state index contributed by atoms with van der Waals surface area (Å²) in [4.78, 5) is 0. The van der Waals surface area contributed by atoms with Gasteiger partial charge in [-0.2, -0.15) is 5.10 Å². The monoisotopic (exact) mass is 269 g/mol. The van der Waals surface area contributed by atoms with Gasteiger partial charge in [-0.05, 0) is 33.6 Å². The van der Waals surface area contributed by atoms with Crippen molar-refractivity contribution in [2.45, 2.75) is 0 Å². The van der Waals surface area contributed by atoms with Crippen molar-refractivity contribution in [1.29, 1.82) is 0 Å². The molecule has 0 bridgehead atoms. The second-order valence-electron chi connectivity index (χ2n) is 3.20. The Morgan fingerprint density at radius 3 is 2.73 bits per heavy atom. The molecule has 0 aliphatic rings. The van der Waals surface area contributed by atoms with Gasteiger partial charge in [0, 0.05) is 12.6 Å². The number of nitrogens with zero attached hydrogens (tertiary/aromatic N) is 2. The quantitative estimate of drug-likeness (QED) is 0.865. The molecule has 0 saturated carbocycles. The summed E-state index contributed by atoms with van der Waals surface area (Å²) in [7, 11) is 1.74. The van der Waals surface area contributed by atoms with Crippen molar-refractivity contribution in [1.82, 2.24) is 9.78 Å². The van der Waals surface area contributed by atoms with E-state index in [1.54, 1.807) is 30.1 Å². The average molecular weight is 270 g/mol. The molecule has 0 radical (unpaired) electrons. The molecule has 5 heteroatoms. The van der Waals surface area contributed by atoms with Gasteiger partial charge >= 0.3 is 0 Å². The first-order chi connectivity index (χ1) is 7.09. The molecule has 78 valence electrons. The lowest BCUT2D eigenvalue weighted by Gasteiger charge is -2.02. The molecule has 2 rings (SSSR count). The minimum Gasteiger partial charge on any atom is -0.383 e. The molecule has 1 aromatic heterocycles. The summed E-state index contributed by atoms with van der Waals surface area (Å²) in [6.07, 6.45) is 1.62. The molecule has 1 aromatic carbocycles.